The summed E-state index contributed by atoms with van der Waals surface area (Å²) in [5, 5.41) is 6.89. The van der Waals surface area contributed by atoms with Gasteiger partial charge in [0.25, 0.3) is 0 Å². The Kier molecular flexibility index (Phi) is 3.81. The standard InChI is InChI=1S/C18H19FN2O2S/c19-12-2-1-3-13(10-12)24(22,23)14-4-5-17-16(11-14)15-6-8-20-9-7-18(15)21-17/h1-5,10-11,15,18,20-21H,6-9H2/t15-,18-/m1/s1. The second-order valence-corrected chi connectivity index (χ2v) is 8.34. The lowest BCUT2D eigenvalue weighted by Crippen LogP contribution is -2.21. The molecule has 2 heterocycles. The lowest BCUT2D eigenvalue weighted by molar-refractivity contribution is 0.576. The molecule has 0 bridgehead atoms. The van der Waals surface area contributed by atoms with Gasteiger partial charge in [-0.1, -0.05) is 6.07 Å². The normalized spacial score (nSPS) is 23.0. The maximum Gasteiger partial charge on any atom is 0.206 e. The van der Waals surface area contributed by atoms with Crippen LogP contribution in [0.1, 0.15) is 24.3 Å². The van der Waals surface area contributed by atoms with Crippen molar-refractivity contribution >= 4 is 15.5 Å². The molecule has 0 aromatic heterocycles. The minimum Gasteiger partial charge on any atom is -0.381 e. The molecule has 0 spiro atoms. The van der Waals surface area contributed by atoms with Gasteiger partial charge in [0.1, 0.15) is 5.82 Å². The predicted octanol–water partition coefficient (Wildman–Crippen LogP) is 2.92. The van der Waals surface area contributed by atoms with E-state index in [0.717, 1.165) is 43.2 Å². The summed E-state index contributed by atoms with van der Waals surface area (Å²) >= 11 is 0. The van der Waals surface area contributed by atoms with Crippen molar-refractivity contribution in [1.29, 1.82) is 0 Å². The number of rotatable bonds is 2. The van der Waals surface area contributed by atoms with Gasteiger partial charge in [-0.05, 0) is 67.9 Å². The molecule has 2 atom stereocenters. The van der Waals surface area contributed by atoms with E-state index in [1.165, 1.54) is 18.2 Å². The zero-order valence-corrected chi connectivity index (χ0v) is 13.9. The zero-order valence-electron chi connectivity index (χ0n) is 13.1. The highest BCUT2D eigenvalue weighted by Crippen LogP contribution is 2.41. The number of hydrogen-bond donors (Lipinski definition) is 2. The third-order valence-electron chi connectivity index (χ3n) is 4.93. The molecule has 2 N–H and O–H groups in total. The Hall–Kier alpha value is -1.92. The number of fused-ring (bicyclic) bond motifs is 3. The van der Waals surface area contributed by atoms with Gasteiger partial charge in [0.05, 0.1) is 9.79 Å². The lowest BCUT2D eigenvalue weighted by atomic mass is 9.91. The highest BCUT2D eigenvalue weighted by atomic mass is 32.2. The van der Waals surface area contributed by atoms with E-state index in [9.17, 15) is 12.8 Å². The topological polar surface area (TPSA) is 58.2 Å². The van der Waals surface area contributed by atoms with Crippen LogP contribution in [-0.2, 0) is 9.84 Å². The van der Waals surface area contributed by atoms with Crippen molar-refractivity contribution in [2.24, 2.45) is 0 Å². The van der Waals surface area contributed by atoms with Crippen molar-refractivity contribution in [3.05, 3.63) is 53.8 Å². The summed E-state index contributed by atoms with van der Waals surface area (Å²) in [6.45, 7) is 1.90. The molecule has 2 aromatic rings. The summed E-state index contributed by atoms with van der Waals surface area (Å²) in [6, 6.07) is 10.7. The number of nitrogens with one attached hydrogen (secondary N) is 2. The second-order valence-electron chi connectivity index (χ2n) is 6.39. The van der Waals surface area contributed by atoms with Gasteiger partial charge >= 0.3 is 0 Å². The molecule has 1 fully saturated rings. The third-order valence-corrected chi connectivity index (χ3v) is 6.68. The minimum atomic E-state index is -3.71. The van der Waals surface area contributed by atoms with Crippen molar-refractivity contribution in [2.75, 3.05) is 18.4 Å². The number of sulfone groups is 1. The SMILES string of the molecule is O=S(=O)(c1cccc(F)c1)c1ccc2c(c1)[C@H]1CCNCC[C@H]1N2. The fourth-order valence-corrected chi connectivity index (χ4v) is 5.03. The average Bonchev–Trinajstić information content (AvgIpc) is 2.75. The molecular weight excluding hydrogens is 327 g/mol. The van der Waals surface area contributed by atoms with Crippen LogP contribution < -0.4 is 10.6 Å². The summed E-state index contributed by atoms with van der Waals surface area (Å²) in [5.74, 6) is -0.230. The van der Waals surface area contributed by atoms with E-state index < -0.39 is 15.7 Å². The number of hydrogen-bond acceptors (Lipinski definition) is 4. The van der Waals surface area contributed by atoms with Crippen LogP contribution in [0.25, 0.3) is 0 Å². The monoisotopic (exact) mass is 346 g/mol. The molecule has 1 saturated heterocycles. The van der Waals surface area contributed by atoms with E-state index in [2.05, 4.69) is 10.6 Å². The van der Waals surface area contributed by atoms with Gasteiger partial charge in [-0.15, -0.1) is 0 Å². The second kappa shape index (κ2) is 5.86. The van der Waals surface area contributed by atoms with Crippen LogP contribution in [0.2, 0.25) is 0 Å². The quantitative estimate of drug-likeness (QED) is 0.878. The van der Waals surface area contributed by atoms with Crippen LogP contribution in [0.3, 0.4) is 0 Å². The Morgan fingerprint density at radius 3 is 2.62 bits per heavy atom. The van der Waals surface area contributed by atoms with Crippen molar-refractivity contribution < 1.29 is 12.8 Å². The number of halogens is 1. The Labute approximate surface area is 141 Å². The van der Waals surface area contributed by atoms with Gasteiger partial charge in [-0.3, -0.25) is 0 Å². The maximum atomic E-state index is 13.4. The zero-order chi connectivity index (χ0) is 16.7. The molecule has 4 nitrogen and oxygen atoms in total. The maximum absolute atomic E-state index is 13.4. The van der Waals surface area contributed by atoms with E-state index in [1.807, 2.05) is 6.07 Å². The molecule has 2 aromatic carbocycles. The Morgan fingerprint density at radius 1 is 1.00 bits per heavy atom. The highest BCUT2D eigenvalue weighted by molar-refractivity contribution is 7.91. The Balaban J connectivity index is 1.75. The van der Waals surface area contributed by atoms with E-state index in [1.54, 1.807) is 12.1 Å². The van der Waals surface area contributed by atoms with Crippen LogP contribution in [0, 0.1) is 5.82 Å². The van der Waals surface area contributed by atoms with Gasteiger partial charge in [-0.25, -0.2) is 12.8 Å². The van der Waals surface area contributed by atoms with E-state index in [4.69, 9.17) is 0 Å². The van der Waals surface area contributed by atoms with Crippen LogP contribution in [-0.4, -0.2) is 27.5 Å². The smallest absolute Gasteiger partial charge is 0.206 e. The molecule has 24 heavy (non-hydrogen) atoms. The fourth-order valence-electron chi connectivity index (χ4n) is 3.70. The Morgan fingerprint density at radius 2 is 1.79 bits per heavy atom. The first-order chi connectivity index (χ1) is 11.6. The van der Waals surface area contributed by atoms with E-state index in [-0.39, 0.29) is 9.79 Å². The van der Waals surface area contributed by atoms with Crippen LogP contribution in [0.4, 0.5) is 10.1 Å². The summed E-state index contributed by atoms with van der Waals surface area (Å²) < 4.78 is 39.0. The first-order valence-electron chi connectivity index (χ1n) is 8.17. The third kappa shape index (κ3) is 2.59. The first-order valence-corrected chi connectivity index (χ1v) is 9.66. The first kappa shape index (κ1) is 15.6. The average molecular weight is 346 g/mol. The van der Waals surface area contributed by atoms with Crippen LogP contribution >= 0.6 is 0 Å². The molecule has 0 saturated carbocycles. The van der Waals surface area contributed by atoms with E-state index >= 15 is 0 Å². The molecular formula is C18H19FN2O2S. The number of anilines is 1. The minimum absolute atomic E-state index is 0.00695. The Bertz CT molecular complexity index is 882. The van der Waals surface area contributed by atoms with Crippen LogP contribution in [0.5, 0.6) is 0 Å². The summed E-state index contributed by atoms with van der Waals surface area (Å²) in [6.07, 6.45) is 2.00. The lowest BCUT2D eigenvalue weighted by Gasteiger charge is -2.16. The molecule has 0 aliphatic carbocycles. The fraction of sp³-hybridized carbons (Fsp3) is 0.333. The van der Waals surface area contributed by atoms with Crippen molar-refractivity contribution in [3.8, 4) is 0 Å². The van der Waals surface area contributed by atoms with Crippen molar-refractivity contribution in [2.45, 2.75) is 34.6 Å². The van der Waals surface area contributed by atoms with Gasteiger partial charge in [-0.2, -0.15) is 0 Å². The molecule has 4 rings (SSSR count). The van der Waals surface area contributed by atoms with Gasteiger partial charge in [0.2, 0.25) is 9.84 Å². The molecule has 6 heteroatoms. The van der Waals surface area contributed by atoms with Crippen molar-refractivity contribution in [1.82, 2.24) is 5.32 Å². The molecule has 126 valence electrons. The van der Waals surface area contributed by atoms with Gasteiger partial charge in [0, 0.05) is 17.6 Å². The molecule has 2 aliphatic rings. The highest BCUT2D eigenvalue weighted by Gasteiger charge is 2.34. The molecule has 0 amide bonds. The molecule has 0 radical (unpaired) electrons. The largest absolute Gasteiger partial charge is 0.381 e. The summed E-state index contributed by atoms with van der Waals surface area (Å²) in [5.41, 5.74) is 2.08. The van der Waals surface area contributed by atoms with Gasteiger partial charge in [0.15, 0.2) is 0 Å². The molecule has 2 aliphatic heterocycles. The van der Waals surface area contributed by atoms with Crippen molar-refractivity contribution in [3.63, 3.8) is 0 Å². The predicted molar refractivity (Wildman–Crippen MR) is 90.5 cm³/mol. The molecule has 0 unspecified atom stereocenters. The van der Waals surface area contributed by atoms with Gasteiger partial charge < -0.3 is 10.6 Å². The summed E-state index contributed by atoms with van der Waals surface area (Å²) in [7, 11) is -3.71. The number of benzene rings is 2. The summed E-state index contributed by atoms with van der Waals surface area (Å²) in [4.78, 5) is 0.221. The van der Waals surface area contributed by atoms with E-state index in [0.29, 0.717) is 12.0 Å². The van der Waals surface area contributed by atoms with Crippen LogP contribution in [0.15, 0.2) is 52.3 Å².